The van der Waals surface area contributed by atoms with Crippen LogP contribution in [0.4, 0.5) is 0 Å². The highest BCUT2D eigenvalue weighted by Gasteiger charge is 2.20. The number of hydrogen-bond donors (Lipinski definition) is 3. The molecule has 0 amide bonds. The van der Waals surface area contributed by atoms with Gasteiger partial charge in [0.15, 0.2) is 17.5 Å². The molecule has 0 spiro atoms. The second-order valence-corrected chi connectivity index (χ2v) is 9.01. The fraction of sp³-hybridized carbons (Fsp3) is 0.409. The number of hydrogen-bond acceptors (Lipinski definition) is 5. The molecular weight excluding hydrogens is 543 g/mol. The van der Waals surface area contributed by atoms with Crippen molar-refractivity contribution in [1.29, 1.82) is 0 Å². The number of rotatable bonds is 8. The number of para-hydroxylation sites is 1. The Morgan fingerprint density at radius 3 is 2.47 bits per heavy atom. The van der Waals surface area contributed by atoms with E-state index in [9.17, 15) is 8.42 Å². The molecule has 0 atom stereocenters. The van der Waals surface area contributed by atoms with E-state index in [2.05, 4.69) is 15.6 Å². The van der Waals surface area contributed by atoms with E-state index in [1.54, 1.807) is 26.3 Å². The minimum Gasteiger partial charge on any atom is -0.493 e. The van der Waals surface area contributed by atoms with Gasteiger partial charge < -0.3 is 20.1 Å². The third kappa shape index (κ3) is 7.24. The molecule has 1 fully saturated rings. The van der Waals surface area contributed by atoms with E-state index in [0.29, 0.717) is 24.8 Å². The number of guanidine groups is 1. The average molecular weight is 574 g/mol. The predicted octanol–water partition coefficient (Wildman–Crippen LogP) is 3.15. The van der Waals surface area contributed by atoms with E-state index in [0.717, 1.165) is 29.7 Å². The van der Waals surface area contributed by atoms with Crippen LogP contribution >= 0.6 is 24.0 Å². The Labute approximate surface area is 207 Å². The third-order valence-corrected chi connectivity index (χ3v) is 6.13. The third-order valence-electron chi connectivity index (χ3n) is 5.22. The monoisotopic (exact) mass is 574 g/mol. The fourth-order valence-electron chi connectivity index (χ4n) is 3.59. The van der Waals surface area contributed by atoms with Crippen LogP contribution in [0.5, 0.6) is 11.5 Å². The van der Waals surface area contributed by atoms with Crippen LogP contribution < -0.4 is 25.2 Å². The molecule has 2 aromatic carbocycles. The zero-order valence-corrected chi connectivity index (χ0v) is 21.5. The number of primary sulfonamides is 1. The largest absolute Gasteiger partial charge is 0.493 e. The molecule has 1 saturated carbocycles. The van der Waals surface area contributed by atoms with Crippen molar-refractivity contribution in [3.05, 3.63) is 53.6 Å². The molecule has 1 aliphatic rings. The summed E-state index contributed by atoms with van der Waals surface area (Å²) in [4.78, 5) is 4.33. The number of aliphatic imine (C=N–C) groups is 1. The summed E-state index contributed by atoms with van der Waals surface area (Å²) in [5, 5.41) is 11.7. The molecule has 32 heavy (non-hydrogen) atoms. The number of nitrogens with zero attached hydrogens (tertiary/aromatic N) is 1. The summed E-state index contributed by atoms with van der Waals surface area (Å²) in [6.07, 6.45) is 4.73. The van der Waals surface area contributed by atoms with Crippen LogP contribution in [0.1, 0.15) is 36.8 Å². The number of benzene rings is 2. The van der Waals surface area contributed by atoms with Crippen LogP contribution in [0.25, 0.3) is 0 Å². The molecular formula is C22H31IN4O4S. The zero-order chi connectivity index (χ0) is 22.3. The van der Waals surface area contributed by atoms with Crippen molar-refractivity contribution in [2.24, 2.45) is 10.1 Å². The van der Waals surface area contributed by atoms with Crippen LogP contribution in [0.15, 0.2) is 52.4 Å². The molecule has 3 rings (SSSR count). The molecule has 0 aliphatic heterocycles. The zero-order valence-electron chi connectivity index (χ0n) is 18.3. The van der Waals surface area contributed by atoms with Crippen molar-refractivity contribution in [2.45, 2.75) is 49.8 Å². The normalized spacial score (nSPS) is 14.5. The van der Waals surface area contributed by atoms with E-state index in [1.165, 1.54) is 18.9 Å². The minimum absolute atomic E-state index is 0. The van der Waals surface area contributed by atoms with Gasteiger partial charge in [0.1, 0.15) is 0 Å². The standard InChI is InChI=1S/C22H30N4O4S.HI/c1-24-22(25-14-16-7-5-11-19(13-16)31(23,27)28)26-15-17-8-6-12-20(29-2)21(17)30-18-9-3-4-10-18;/h5-8,11-13,18H,3-4,9-10,14-15H2,1-2H3,(H2,23,27,28)(H2,24,25,26);1H. The molecule has 0 heterocycles. The van der Waals surface area contributed by atoms with Crippen LogP contribution in [0.3, 0.4) is 0 Å². The molecule has 4 N–H and O–H groups in total. The first-order valence-corrected chi connectivity index (χ1v) is 11.8. The van der Waals surface area contributed by atoms with Gasteiger partial charge in [-0.2, -0.15) is 0 Å². The molecule has 8 nitrogen and oxygen atoms in total. The number of ether oxygens (including phenoxy) is 2. The van der Waals surface area contributed by atoms with Gasteiger partial charge in [0.05, 0.1) is 18.1 Å². The minimum atomic E-state index is -3.74. The molecule has 2 aromatic rings. The van der Waals surface area contributed by atoms with Crippen LogP contribution in [-0.2, 0) is 23.1 Å². The van der Waals surface area contributed by atoms with Gasteiger partial charge in [0, 0.05) is 25.7 Å². The molecule has 0 unspecified atom stereocenters. The first kappa shape index (κ1) is 26.2. The number of halogens is 1. The molecule has 1 aliphatic carbocycles. The summed E-state index contributed by atoms with van der Waals surface area (Å²) in [5.74, 6) is 2.06. The Kier molecular flexibility index (Phi) is 10.0. The van der Waals surface area contributed by atoms with Gasteiger partial charge in [0.2, 0.25) is 10.0 Å². The van der Waals surface area contributed by atoms with Crippen LogP contribution in [0, 0.1) is 0 Å². The molecule has 0 aromatic heterocycles. The Balaban J connectivity index is 0.00000363. The quantitative estimate of drug-likeness (QED) is 0.254. The number of nitrogens with one attached hydrogen (secondary N) is 2. The number of methoxy groups -OCH3 is 1. The first-order valence-electron chi connectivity index (χ1n) is 10.3. The van der Waals surface area contributed by atoms with Crippen LogP contribution in [-0.4, -0.2) is 34.6 Å². The van der Waals surface area contributed by atoms with E-state index in [-0.39, 0.29) is 35.0 Å². The van der Waals surface area contributed by atoms with Crippen molar-refractivity contribution in [1.82, 2.24) is 10.6 Å². The van der Waals surface area contributed by atoms with Crippen molar-refractivity contribution < 1.29 is 17.9 Å². The highest BCUT2D eigenvalue weighted by molar-refractivity contribution is 14.0. The summed E-state index contributed by atoms with van der Waals surface area (Å²) >= 11 is 0. The number of sulfonamides is 1. The summed E-state index contributed by atoms with van der Waals surface area (Å²) in [6, 6.07) is 12.3. The number of nitrogens with two attached hydrogens (primary N) is 1. The lowest BCUT2D eigenvalue weighted by atomic mass is 10.1. The Morgan fingerprint density at radius 2 is 1.81 bits per heavy atom. The van der Waals surface area contributed by atoms with Gasteiger partial charge >= 0.3 is 0 Å². The summed E-state index contributed by atoms with van der Waals surface area (Å²) in [6.45, 7) is 0.892. The first-order chi connectivity index (χ1) is 14.9. The van der Waals surface area contributed by atoms with Gasteiger partial charge in [-0.05, 0) is 49.4 Å². The maximum atomic E-state index is 11.5. The second-order valence-electron chi connectivity index (χ2n) is 7.44. The average Bonchev–Trinajstić information content (AvgIpc) is 3.27. The maximum absolute atomic E-state index is 11.5. The van der Waals surface area contributed by atoms with E-state index in [4.69, 9.17) is 14.6 Å². The fourth-order valence-corrected chi connectivity index (χ4v) is 4.17. The van der Waals surface area contributed by atoms with Crippen LogP contribution in [0.2, 0.25) is 0 Å². The molecule has 0 radical (unpaired) electrons. The van der Waals surface area contributed by atoms with Gasteiger partial charge in [-0.3, -0.25) is 4.99 Å². The Bertz CT molecular complexity index is 1020. The summed E-state index contributed by atoms with van der Waals surface area (Å²) in [7, 11) is -0.415. The molecule has 176 valence electrons. The smallest absolute Gasteiger partial charge is 0.238 e. The SMILES string of the molecule is CN=C(NCc1cccc(S(N)(=O)=O)c1)NCc1cccc(OC)c1OC1CCCC1.I. The topological polar surface area (TPSA) is 115 Å². The highest BCUT2D eigenvalue weighted by atomic mass is 127. The van der Waals surface area contributed by atoms with Crippen molar-refractivity contribution in [3.8, 4) is 11.5 Å². The Hall–Kier alpha value is -2.05. The maximum Gasteiger partial charge on any atom is 0.238 e. The van der Waals surface area contributed by atoms with Gasteiger partial charge in [-0.1, -0.05) is 24.3 Å². The lowest BCUT2D eigenvalue weighted by Gasteiger charge is -2.20. The summed E-state index contributed by atoms with van der Waals surface area (Å²) < 4.78 is 34.9. The second kappa shape index (κ2) is 12.3. The van der Waals surface area contributed by atoms with Gasteiger partial charge in [0.25, 0.3) is 0 Å². The van der Waals surface area contributed by atoms with E-state index >= 15 is 0 Å². The van der Waals surface area contributed by atoms with Crippen molar-refractivity contribution in [2.75, 3.05) is 14.2 Å². The molecule has 0 bridgehead atoms. The summed E-state index contributed by atoms with van der Waals surface area (Å²) in [5.41, 5.74) is 1.76. The van der Waals surface area contributed by atoms with Gasteiger partial charge in [-0.25, -0.2) is 13.6 Å². The van der Waals surface area contributed by atoms with Gasteiger partial charge in [-0.15, -0.1) is 24.0 Å². The highest BCUT2D eigenvalue weighted by Crippen LogP contribution is 2.34. The molecule has 0 saturated heterocycles. The lowest BCUT2D eigenvalue weighted by Crippen LogP contribution is -2.36. The van der Waals surface area contributed by atoms with Crippen molar-refractivity contribution in [3.63, 3.8) is 0 Å². The Morgan fingerprint density at radius 1 is 1.12 bits per heavy atom. The van der Waals surface area contributed by atoms with E-state index in [1.807, 2.05) is 24.3 Å². The van der Waals surface area contributed by atoms with Crippen molar-refractivity contribution >= 4 is 40.0 Å². The molecule has 10 heteroatoms. The van der Waals surface area contributed by atoms with E-state index < -0.39 is 10.0 Å². The lowest BCUT2D eigenvalue weighted by molar-refractivity contribution is 0.198. The predicted molar refractivity (Wildman–Crippen MR) is 136 cm³/mol.